The molecule has 0 aliphatic heterocycles. The molecule has 4 aromatic rings. The number of rotatable bonds is 8. The summed E-state index contributed by atoms with van der Waals surface area (Å²) in [5, 5.41) is 6.70. The average Bonchev–Trinajstić information content (AvgIpc) is 2.75. The van der Waals surface area contributed by atoms with Gasteiger partial charge in [-0.15, -0.1) is 0 Å². The van der Waals surface area contributed by atoms with Gasteiger partial charge in [0.25, 0.3) is 0 Å². The average molecular weight is 422 g/mol. The van der Waals surface area contributed by atoms with Crippen LogP contribution in [-0.4, -0.2) is 33.0 Å². The lowest BCUT2D eigenvalue weighted by Gasteiger charge is -2.08. The highest BCUT2D eigenvalue weighted by molar-refractivity contribution is 5.75. The first kappa shape index (κ1) is 20.5. The van der Waals surface area contributed by atoms with Crippen LogP contribution in [0.2, 0.25) is 0 Å². The Morgan fingerprint density at radius 2 is 0.935 bits per heavy atom. The summed E-state index contributed by atoms with van der Waals surface area (Å²) in [5.41, 5.74) is 1.79. The van der Waals surface area contributed by atoms with E-state index in [-0.39, 0.29) is 0 Å². The summed E-state index contributed by atoms with van der Waals surface area (Å²) in [6, 6.07) is 11.0. The number of fused-ring (bicyclic) bond motifs is 2. The lowest BCUT2D eigenvalue weighted by molar-refractivity contribution is 0.595. The summed E-state index contributed by atoms with van der Waals surface area (Å²) in [6.45, 7) is 2.90. The van der Waals surface area contributed by atoms with Gasteiger partial charge in [-0.25, -0.2) is 0 Å². The molecule has 0 unspecified atom stereocenters. The van der Waals surface area contributed by atoms with Crippen LogP contribution in [-0.2, 0) is 13.1 Å². The first-order chi connectivity index (χ1) is 15.0. The maximum Gasteiger partial charge on any atom is 0.314 e. The predicted molar refractivity (Wildman–Crippen MR) is 118 cm³/mol. The third-order valence-corrected chi connectivity index (χ3v) is 4.94. The number of hydrogen-bond donors (Lipinski definition) is 6. The summed E-state index contributed by atoms with van der Waals surface area (Å²) < 4.78 is 0. The minimum Gasteiger partial charge on any atom is -0.316 e. The zero-order chi connectivity index (χ0) is 21.8. The molecule has 0 bridgehead atoms. The third-order valence-electron chi connectivity index (χ3n) is 4.94. The van der Waals surface area contributed by atoms with Crippen molar-refractivity contribution in [3.8, 4) is 0 Å². The van der Waals surface area contributed by atoms with Crippen molar-refractivity contribution < 1.29 is 0 Å². The molecule has 0 aliphatic carbocycles. The molecule has 10 nitrogen and oxygen atoms in total. The van der Waals surface area contributed by atoms with Crippen molar-refractivity contribution in [2.75, 3.05) is 13.1 Å². The molecule has 2 aromatic heterocycles. The highest BCUT2D eigenvalue weighted by Crippen LogP contribution is 2.10. The van der Waals surface area contributed by atoms with Gasteiger partial charge in [0, 0.05) is 13.1 Å². The quantitative estimate of drug-likeness (QED) is 0.174. The SMILES string of the molecule is O=c1[nH]c2ccc(CNCCCNCc3ccc4[nH]c(=O)c(=O)[nH]c4c3)cc2[nH]c1=O. The number of aromatic amines is 4. The highest BCUT2D eigenvalue weighted by atomic mass is 16.2. The Morgan fingerprint density at radius 3 is 1.35 bits per heavy atom. The van der Waals surface area contributed by atoms with Gasteiger partial charge in [-0.05, 0) is 54.9 Å². The Bertz CT molecular complexity index is 1350. The van der Waals surface area contributed by atoms with E-state index in [0.29, 0.717) is 35.2 Å². The van der Waals surface area contributed by atoms with Gasteiger partial charge in [-0.3, -0.25) is 19.2 Å². The van der Waals surface area contributed by atoms with E-state index in [1.165, 1.54) is 0 Å². The molecule has 0 saturated carbocycles. The van der Waals surface area contributed by atoms with Gasteiger partial charge in [0.15, 0.2) is 0 Å². The smallest absolute Gasteiger partial charge is 0.314 e. The van der Waals surface area contributed by atoms with Crippen LogP contribution in [0, 0.1) is 0 Å². The second-order valence-corrected chi connectivity index (χ2v) is 7.28. The van der Waals surface area contributed by atoms with Gasteiger partial charge in [0.2, 0.25) is 0 Å². The molecule has 4 rings (SSSR count). The van der Waals surface area contributed by atoms with E-state index < -0.39 is 22.2 Å². The van der Waals surface area contributed by atoms with Crippen LogP contribution in [0.25, 0.3) is 22.1 Å². The van der Waals surface area contributed by atoms with E-state index in [9.17, 15) is 19.2 Å². The summed E-state index contributed by atoms with van der Waals surface area (Å²) >= 11 is 0. The Hall–Kier alpha value is -3.76. The van der Waals surface area contributed by atoms with Crippen LogP contribution in [0.1, 0.15) is 17.5 Å². The molecular formula is C21H22N6O4. The van der Waals surface area contributed by atoms with Gasteiger partial charge >= 0.3 is 22.2 Å². The van der Waals surface area contributed by atoms with Crippen molar-refractivity contribution in [1.29, 1.82) is 0 Å². The maximum absolute atomic E-state index is 11.4. The van der Waals surface area contributed by atoms with Gasteiger partial charge in [-0.2, -0.15) is 0 Å². The van der Waals surface area contributed by atoms with Gasteiger partial charge in [-0.1, -0.05) is 12.1 Å². The van der Waals surface area contributed by atoms with E-state index in [1.54, 1.807) is 12.1 Å². The molecule has 160 valence electrons. The number of aromatic nitrogens is 4. The molecule has 0 radical (unpaired) electrons. The summed E-state index contributed by atoms with van der Waals surface area (Å²) in [6.07, 6.45) is 0.912. The number of H-pyrrole nitrogens is 4. The summed E-state index contributed by atoms with van der Waals surface area (Å²) in [7, 11) is 0. The van der Waals surface area contributed by atoms with E-state index >= 15 is 0 Å². The molecule has 0 spiro atoms. The van der Waals surface area contributed by atoms with E-state index in [4.69, 9.17) is 0 Å². The molecule has 0 atom stereocenters. The topological polar surface area (TPSA) is 155 Å². The van der Waals surface area contributed by atoms with E-state index in [1.807, 2.05) is 24.3 Å². The first-order valence-corrected chi connectivity index (χ1v) is 9.91. The molecule has 6 N–H and O–H groups in total. The van der Waals surface area contributed by atoms with Crippen molar-refractivity contribution in [2.24, 2.45) is 0 Å². The Balaban J connectivity index is 1.22. The van der Waals surface area contributed by atoms with Crippen LogP contribution in [0.15, 0.2) is 55.6 Å². The van der Waals surface area contributed by atoms with Crippen LogP contribution in [0.4, 0.5) is 0 Å². The summed E-state index contributed by atoms with van der Waals surface area (Å²) in [5.74, 6) is 0. The molecular weight excluding hydrogens is 400 g/mol. The minimum absolute atomic E-state index is 0.599. The lowest BCUT2D eigenvalue weighted by atomic mass is 10.2. The van der Waals surface area contributed by atoms with E-state index in [2.05, 4.69) is 30.6 Å². The standard InChI is InChI=1S/C21H22N6O4/c28-18-20(30)26-16-8-12(2-4-14(16)24-18)10-22-6-1-7-23-11-13-3-5-15-17(9-13)27-21(31)19(29)25-15/h2-5,8-9,22-23H,1,6-7,10-11H2,(H,24,28)(H,25,29)(H,26,30)(H,27,31). The van der Waals surface area contributed by atoms with Gasteiger partial charge in [0.05, 0.1) is 22.1 Å². The molecule has 0 fully saturated rings. The lowest BCUT2D eigenvalue weighted by Crippen LogP contribution is -2.29. The molecule has 10 heteroatoms. The normalized spacial score (nSPS) is 11.4. The number of benzene rings is 2. The Labute approximate surface area is 174 Å². The van der Waals surface area contributed by atoms with Gasteiger partial charge < -0.3 is 30.6 Å². The third kappa shape index (κ3) is 4.87. The zero-order valence-corrected chi connectivity index (χ0v) is 16.6. The fourth-order valence-electron chi connectivity index (χ4n) is 3.35. The molecule has 0 saturated heterocycles. The predicted octanol–water partition coefficient (Wildman–Crippen LogP) is 0.0157. The molecule has 31 heavy (non-hydrogen) atoms. The Morgan fingerprint density at radius 1 is 0.548 bits per heavy atom. The van der Waals surface area contributed by atoms with Crippen molar-refractivity contribution >= 4 is 22.1 Å². The fraction of sp³-hybridized carbons (Fsp3) is 0.238. The van der Waals surface area contributed by atoms with Gasteiger partial charge in [0.1, 0.15) is 0 Å². The van der Waals surface area contributed by atoms with E-state index in [0.717, 1.165) is 30.6 Å². The van der Waals surface area contributed by atoms with Crippen molar-refractivity contribution in [3.05, 3.63) is 88.9 Å². The molecule has 2 heterocycles. The second-order valence-electron chi connectivity index (χ2n) is 7.28. The van der Waals surface area contributed by atoms with Crippen LogP contribution in [0.3, 0.4) is 0 Å². The molecule has 0 amide bonds. The largest absolute Gasteiger partial charge is 0.316 e. The summed E-state index contributed by atoms with van der Waals surface area (Å²) in [4.78, 5) is 55.8. The highest BCUT2D eigenvalue weighted by Gasteiger charge is 2.02. The Kier molecular flexibility index (Phi) is 5.92. The fourth-order valence-corrected chi connectivity index (χ4v) is 3.35. The van der Waals surface area contributed by atoms with Crippen LogP contribution in [0.5, 0.6) is 0 Å². The molecule has 2 aromatic carbocycles. The first-order valence-electron chi connectivity index (χ1n) is 9.91. The zero-order valence-electron chi connectivity index (χ0n) is 16.6. The van der Waals surface area contributed by atoms with Crippen LogP contribution < -0.4 is 32.9 Å². The van der Waals surface area contributed by atoms with Crippen molar-refractivity contribution in [1.82, 2.24) is 30.6 Å². The monoisotopic (exact) mass is 422 g/mol. The van der Waals surface area contributed by atoms with Crippen molar-refractivity contribution in [3.63, 3.8) is 0 Å². The van der Waals surface area contributed by atoms with Crippen molar-refractivity contribution in [2.45, 2.75) is 19.5 Å². The number of nitrogens with one attached hydrogen (secondary N) is 6. The maximum atomic E-state index is 11.4. The second kappa shape index (κ2) is 8.94. The molecule has 0 aliphatic rings. The number of hydrogen-bond acceptors (Lipinski definition) is 6. The minimum atomic E-state index is -0.658. The van der Waals surface area contributed by atoms with Crippen LogP contribution >= 0.6 is 0 Å².